The standard InChI is InChI=1S/C24H22N2O5S2/c1-5-10-31-23(28)20-14(2)25-24-26(21(20)18-7-6-11-32-18)22(27)19(33-24)13-15-8-9-16(29-3)17(12-15)30-4/h5-9,11-13,21H,1,10H2,2-4H3/b19-13-. The smallest absolute Gasteiger partial charge is 0.338 e. The minimum absolute atomic E-state index is 0.0799. The number of esters is 1. The molecule has 0 spiro atoms. The van der Waals surface area contributed by atoms with Gasteiger partial charge in [-0.15, -0.1) is 11.3 Å². The van der Waals surface area contributed by atoms with E-state index in [2.05, 4.69) is 11.6 Å². The zero-order chi connectivity index (χ0) is 23.5. The third-order valence-corrected chi connectivity index (χ3v) is 7.00. The van der Waals surface area contributed by atoms with E-state index in [1.54, 1.807) is 43.9 Å². The molecule has 2 aromatic heterocycles. The summed E-state index contributed by atoms with van der Waals surface area (Å²) in [5.74, 6) is 0.661. The van der Waals surface area contributed by atoms with Gasteiger partial charge in [0.2, 0.25) is 0 Å². The summed E-state index contributed by atoms with van der Waals surface area (Å²) in [6.07, 6.45) is 3.29. The van der Waals surface area contributed by atoms with Crippen LogP contribution in [0.3, 0.4) is 0 Å². The lowest BCUT2D eigenvalue weighted by atomic mass is 10.0. The summed E-state index contributed by atoms with van der Waals surface area (Å²) in [6.45, 7) is 5.43. The van der Waals surface area contributed by atoms with E-state index in [4.69, 9.17) is 14.2 Å². The summed E-state index contributed by atoms with van der Waals surface area (Å²) in [5.41, 5.74) is 1.44. The number of rotatable bonds is 7. The molecule has 3 heterocycles. The Hall–Kier alpha value is -3.43. The Morgan fingerprint density at radius 3 is 2.70 bits per heavy atom. The van der Waals surface area contributed by atoms with E-state index in [0.717, 1.165) is 10.4 Å². The zero-order valence-corrected chi connectivity index (χ0v) is 20.0. The summed E-state index contributed by atoms with van der Waals surface area (Å²) in [4.78, 5) is 32.4. The number of carbonyl (C=O) groups is 1. The number of ether oxygens (including phenoxy) is 3. The van der Waals surface area contributed by atoms with E-state index < -0.39 is 12.0 Å². The predicted octanol–water partition coefficient (Wildman–Crippen LogP) is 3.04. The number of nitrogens with zero attached hydrogens (tertiary/aromatic N) is 2. The highest BCUT2D eigenvalue weighted by Gasteiger charge is 2.33. The SMILES string of the molecule is C=CCOC(=O)C1=C(C)N=c2s/c(=C\c3ccc(OC)c(OC)c3)c(=O)n2C1c1cccs1. The molecule has 0 fully saturated rings. The van der Waals surface area contributed by atoms with Crippen LogP contribution in [0.1, 0.15) is 23.4 Å². The highest BCUT2D eigenvalue weighted by Crippen LogP contribution is 2.33. The van der Waals surface area contributed by atoms with Gasteiger partial charge in [-0.2, -0.15) is 0 Å². The minimum Gasteiger partial charge on any atom is -0.493 e. The number of hydrogen-bond acceptors (Lipinski definition) is 8. The molecular weight excluding hydrogens is 460 g/mol. The Morgan fingerprint density at radius 1 is 1.24 bits per heavy atom. The van der Waals surface area contributed by atoms with Gasteiger partial charge in [0.15, 0.2) is 16.3 Å². The molecule has 1 unspecified atom stereocenters. The van der Waals surface area contributed by atoms with Crippen LogP contribution in [0.2, 0.25) is 0 Å². The normalized spacial score (nSPS) is 15.6. The fraction of sp³-hybridized carbons (Fsp3) is 0.208. The van der Waals surface area contributed by atoms with Gasteiger partial charge in [0.1, 0.15) is 12.6 Å². The van der Waals surface area contributed by atoms with Gasteiger partial charge in [-0.05, 0) is 42.1 Å². The zero-order valence-electron chi connectivity index (χ0n) is 18.4. The Morgan fingerprint density at radius 2 is 2.03 bits per heavy atom. The van der Waals surface area contributed by atoms with Crippen LogP contribution in [-0.4, -0.2) is 31.4 Å². The molecule has 33 heavy (non-hydrogen) atoms. The summed E-state index contributed by atoms with van der Waals surface area (Å²) >= 11 is 2.75. The number of fused-ring (bicyclic) bond motifs is 1. The molecule has 7 nitrogen and oxygen atoms in total. The molecular formula is C24H22N2O5S2. The second kappa shape index (κ2) is 9.60. The van der Waals surface area contributed by atoms with E-state index in [1.807, 2.05) is 23.6 Å². The van der Waals surface area contributed by atoms with Crippen LogP contribution in [0.5, 0.6) is 11.5 Å². The van der Waals surface area contributed by atoms with Crippen molar-refractivity contribution in [3.8, 4) is 11.5 Å². The van der Waals surface area contributed by atoms with Crippen LogP contribution < -0.4 is 24.4 Å². The van der Waals surface area contributed by atoms with Crippen LogP contribution in [0.15, 0.2) is 69.4 Å². The van der Waals surface area contributed by atoms with Crippen LogP contribution in [0.25, 0.3) is 6.08 Å². The maximum absolute atomic E-state index is 13.5. The molecule has 0 bridgehead atoms. The molecule has 3 aromatic rings. The first-order valence-corrected chi connectivity index (χ1v) is 11.7. The van der Waals surface area contributed by atoms with E-state index in [-0.39, 0.29) is 12.2 Å². The third-order valence-electron chi connectivity index (χ3n) is 5.09. The molecule has 1 aromatic carbocycles. The van der Waals surface area contributed by atoms with E-state index in [1.165, 1.54) is 28.7 Å². The second-order valence-electron chi connectivity index (χ2n) is 7.10. The lowest BCUT2D eigenvalue weighted by molar-refractivity contribution is -0.138. The summed E-state index contributed by atoms with van der Waals surface area (Å²) in [7, 11) is 3.13. The molecule has 0 radical (unpaired) electrons. The number of methoxy groups -OCH3 is 2. The van der Waals surface area contributed by atoms with Crippen LogP contribution >= 0.6 is 22.7 Å². The highest BCUT2D eigenvalue weighted by molar-refractivity contribution is 7.10. The quantitative estimate of drug-likeness (QED) is 0.382. The maximum Gasteiger partial charge on any atom is 0.338 e. The number of carbonyl (C=O) groups excluding carboxylic acids is 1. The predicted molar refractivity (Wildman–Crippen MR) is 129 cm³/mol. The first-order valence-electron chi connectivity index (χ1n) is 10.0. The summed E-state index contributed by atoms with van der Waals surface area (Å²) in [6, 6.07) is 8.62. The van der Waals surface area contributed by atoms with Crippen molar-refractivity contribution in [2.24, 2.45) is 4.99 Å². The van der Waals surface area contributed by atoms with Gasteiger partial charge in [0.25, 0.3) is 5.56 Å². The average molecular weight is 483 g/mol. The first-order chi connectivity index (χ1) is 16.0. The lowest BCUT2D eigenvalue weighted by Gasteiger charge is -2.23. The number of thiazole rings is 1. The number of allylic oxidation sites excluding steroid dienone is 1. The maximum atomic E-state index is 13.5. The van der Waals surface area contributed by atoms with E-state index in [0.29, 0.717) is 32.1 Å². The van der Waals surface area contributed by atoms with Gasteiger partial charge in [-0.1, -0.05) is 36.1 Å². The third kappa shape index (κ3) is 4.29. The molecule has 0 N–H and O–H groups in total. The van der Waals surface area contributed by atoms with Crippen molar-refractivity contribution in [1.82, 2.24) is 4.57 Å². The molecule has 170 valence electrons. The number of thiophene rings is 1. The van der Waals surface area contributed by atoms with Gasteiger partial charge < -0.3 is 14.2 Å². The largest absolute Gasteiger partial charge is 0.493 e. The lowest BCUT2D eigenvalue weighted by Crippen LogP contribution is -2.39. The molecule has 9 heteroatoms. The number of aromatic nitrogens is 1. The van der Waals surface area contributed by atoms with Crippen LogP contribution in [0, 0.1) is 0 Å². The molecule has 0 saturated heterocycles. The van der Waals surface area contributed by atoms with Crippen LogP contribution in [0.4, 0.5) is 0 Å². The Labute approximate surface area is 198 Å². The number of hydrogen-bond donors (Lipinski definition) is 0. The van der Waals surface area contributed by atoms with Crippen molar-refractivity contribution >= 4 is 34.7 Å². The van der Waals surface area contributed by atoms with Gasteiger partial charge in [-0.25, -0.2) is 9.79 Å². The van der Waals surface area contributed by atoms with Gasteiger partial charge in [-0.3, -0.25) is 9.36 Å². The fourth-order valence-corrected chi connectivity index (χ4v) is 5.48. The van der Waals surface area contributed by atoms with Gasteiger partial charge in [0, 0.05) is 4.88 Å². The van der Waals surface area contributed by atoms with Crippen molar-refractivity contribution in [3.05, 3.63) is 89.8 Å². The van der Waals surface area contributed by atoms with E-state index >= 15 is 0 Å². The monoisotopic (exact) mass is 482 g/mol. The number of benzene rings is 1. The molecule has 0 aliphatic carbocycles. The second-order valence-corrected chi connectivity index (χ2v) is 9.09. The topological polar surface area (TPSA) is 79.1 Å². The average Bonchev–Trinajstić information content (AvgIpc) is 3.45. The van der Waals surface area contributed by atoms with Gasteiger partial charge >= 0.3 is 5.97 Å². The molecule has 1 atom stereocenters. The summed E-state index contributed by atoms with van der Waals surface area (Å²) in [5, 5.41) is 1.91. The minimum atomic E-state index is -0.605. The summed E-state index contributed by atoms with van der Waals surface area (Å²) < 4.78 is 18.0. The molecule has 0 saturated carbocycles. The van der Waals surface area contributed by atoms with Crippen molar-refractivity contribution in [1.29, 1.82) is 0 Å². The van der Waals surface area contributed by atoms with Gasteiger partial charge in [0.05, 0.1) is 30.0 Å². The van der Waals surface area contributed by atoms with Crippen molar-refractivity contribution < 1.29 is 19.0 Å². The van der Waals surface area contributed by atoms with Crippen LogP contribution in [-0.2, 0) is 9.53 Å². The van der Waals surface area contributed by atoms with E-state index in [9.17, 15) is 9.59 Å². The Balaban J connectivity index is 1.88. The molecule has 1 aliphatic heterocycles. The first kappa shape index (κ1) is 22.8. The van der Waals surface area contributed by atoms with Crippen molar-refractivity contribution in [2.75, 3.05) is 20.8 Å². The Bertz CT molecular complexity index is 1410. The molecule has 0 amide bonds. The van der Waals surface area contributed by atoms with Crippen molar-refractivity contribution in [2.45, 2.75) is 13.0 Å². The Kier molecular flexibility index (Phi) is 6.62. The molecule has 4 rings (SSSR count). The molecule has 1 aliphatic rings. The fourth-order valence-electron chi connectivity index (χ4n) is 3.61. The van der Waals surface area contributed by atoms with Crippen molar-refractivity contribution in [3.63, 3.8) is 0 Å². The highest BCUT2D eigenvalue weighted by atomic mass is 32.1.